The maximum absolute atomic E-state index is 13.4. The van der Waals surface area contributed by atoms with E-state index in [4.69, 9.17) is 16.3 Å². The molecular formula is C33H39ClF2N2O3. The fourth-order valence-corrected chi connectivity index (χ4v) is 6.51. The molecule has 2 aliphatic rings. The summed E-state index contributed by atoms with van der Waals surface area (Å²) in [4.78, 5) is 4.45. The number of aliphatic hydroxyl groups is 2. The van der Waals surface area contributed by atoms with Gasteiger partial charge in [0.05, 0.1) is 18.8 Å². The van der Waals surface area contributed by atoms with E-state index in [2.05, 4.69) is 9.80 Å². The minimum absolute atomic E-state index is 0.0567. The summed E-state index contributed by atoms with van der Waals surface area (Å²) in [5.41, 5.74) is 1.97. The number of halogens is 3. The number of benzene rings is 3. The van der Waals surface area contributed by atoms with Crippen LogP contribution < -0.4 is 14.5 Å². The number of anilines is 2. The number of piperidine rings is 2. The van der Waals surface area contributed by atoms with Crippen LogP contribution in [-0.2, 0) is 0 Å². The molecule has 2 fully saturated rings. The van der Waals surface area contributed by atoms with E-state index in [9.17, 15) is 19.0 Å². The van der Waals surface area contributed by atoms with Gasteiger partial charge >= 0.3 is 0 Å². The van der Waals surface area contributed by atoms with Crippen LogP contribution in [0, 0.1) is 29.4 Å². The van der Waals surface area contributed by atoms with Gasteiger partial charge in [-0.2, -0.15) is 0 Å². The highest BCUT2D eigenvalue weighted by molar-refractivity contribution is 6.30. The van der Waals surface area contributed by atoms with Crippen molar-refractivity contribution >= 4 is 23.0 Å². The second-order valence-corrected chi connectivity index (χ2v) is 11.8. The monoisotopic (exact) mass is 584 g/mol. The summed E-state index contributed by atoms with van der Waals surface area (Å²) in [5, 5.41) is 24.0. The molecule has 41 heavy (non-hydrogen) atoms. The topological polar surface area (TPSA) is 56.2 Å². The average Bonchev–Trinajstić information content (AvgIpc) is 3.01. The van der Waals surface area contributed by atoms with Gasteiger partial charge in [0, 0.05) is 48.5 Å². The fraction of sp³-hybridized carbons (Fsp3) is 0.455. The first-order valence-electron chi connectivity index (χ1n) is 14.6. The van der Waals surface area contributed by atoms with Gasteiger partial charge in [-0.15, -0.1) is 0 Å². The molecule has 2 N–H and O–H groups in total. The van der Waals surface area contributed by atoms with E-state index >= 15 is 0 Å². The molecule has 0 bridgehead atoms. The molecule has 2 atom stereocenters. The highest BCUT2D eigenvalue weighted by atomic mass is 35.5. The van der Waals surface area contributed by atoms with Crippen LogP contribution >= 0.6 is 11.6 Å². The molecule has 2 unspecified atom stereocenters. The zero-order valence-electron chi connectivity index (χ0n) is 23.2. The number of aliphatic hydroxyl groups excluding tert-OH is 2. The van der Waals surface area contributed by atoms with Gasteiger partial charge in [0.15, 0.2) is 0 Å². The van der Waals surface area contributed by atoms with Crippen molar-refractivity contribution in [3.63, 3.8) is 0 Å². The summed E-state index contributed by atoms with van der Waals surface area (Å²) in [5.74, 6) is -0.00725. The number of nitrogens with zero attached hydrogens (tertiary/aromatic N) is 2. The molecule has 3 aromatic carbocycles. The van der Waals surface area contributed by atoms with Gasteiger partial charge in [0.1, 0.15) is 17.4 Å². The molecular weight excluding hydrogens is 546 g/mol. The van der Waals surface area contributed by atoms with Gasteiger partial charge in [-0.1, -0.05) is 11.6 Å². The molecule has 220 valence electrons. The van der Waals surface area contributed by atoms with Crippen LogP contribution in [0.5, 0.6) is 5.75 Å². The van der Waals surface area contributed by atoms with E-state index < -0.39 is 12.2 Å². The van der Waals surface area contributed by atoms with Crippen molar-refractivity contribution in [2.75, 3.05) is 42.6 Å². The van der Waals surface area contributed by atoms with Gasteiger partial charge in [-0.3, -0.25) is 0 Å². The Labute approximate surface area is 246 Å². The standard InChI is InChI=1S/C33H39ClF2N2O3/c34-25-1-11-30(12-2-25)41-22-17-31(32(39)23-13-18-37(19-14-23)28-7-3-26(35)4-8-28)33(40)24-15-20-38(21-16-24)29-9-5-27(36)6-10-29/h1-12,23-24,31-33,39-40H,13-22H2. The predicted octanol–water partition coefficient (Wildman–Crippen LogP) is 6.56. The lowest BCUT2D eigenvalue weighted by Crippen LogP contribution is -2.47. The van der Waals surface area contributed by atoms with Gasteiger partial charge in [0.2, 0.25) is 0 Å². The summed E-state index contributed by atoms with van der Waals surface area (Å²) in [6, 6.07) is 20.3. The summed E-state index contributed by atoms with van der Waals surface area (Å²) in [6.45, 7) is 3.46. The zero-order valence-corrected chi connectivity index (χ0v) is 24.0. The quantitative estimate of drug-likeness (QED) is 0.283. The maximum atomic E-state index is 13.4. The highest BCUT2D eigenvalue weighted by Gasteiger charge is 2.38. The average molecular weight is 585 g/mol. The SMILES string of the molecule is OC(C1CCN(c2ccc(F)cc2)CC1)C(CCOc1ccc(Cl)cc1)C(O)C1CCN(c2ccc(F)cc2)CC1. The Bertz CT molecular complexity index is 1140. The third kappa shape index (κ3) is 7.70. The summed E-state index contributed by atoms with van der Waals surface area (Å²) >= 11 is 6.00. The van der Waals surface area contributed by atoms with Crippen molar-refractivity contribution in [3.8, 4) is 5.75 Å². The lowest BCUT2D eigenvalue weighted by molar-refractivity contribution is -0.0583. The minimum atomic E-state index is -0.663. The van der Waals surface area contributed by atoms with Crippen LogP contribution in [0.2, 0.25) is 5.02 Å². The Morgan fingerprint density at radius 3 is 1.51 bits per heavy atom. The van der Waals surface area contributed by atoms with Crippen molar-refractivity contribution in [1.29, 1.82) is 0 Å². The van der Waals surface area contributed by atoms with Crippen LogP contribution in [0.15, 0.2) is 72.8 Å². The zero-order chi connectivity index (χ0) is 28.8. The predicted molar refractivity (Wildman–Crippen MR) is 160 cm³/mol. The van der Waals surface area contributed by atoms with Crippen LogP contribution in [0.3, 0.4) is 0 Å². The van der Waals surface area contributed by atoms with Crippen molar-refractivity contribution in [1.82, 2.24) is 0 Å². The van der Waals surface area contributed by atoms with E-state index in [-0.39, 0.29) is 29.4 Å². The third-order valence-electron chi connectivity index (χ3n) is 8.84. The van der Waals surface area contributed by atoms with Crippen LogP contribution in [0.1, 0.15) is 32.1 Å². The molecule has 0 saturated carbocycles. The largest absolute Gasteiger partial charge is 0.494 e. The summed E-state index contributed by atoms with van der Waals surface area (Å²) in [6.07, 6.45) is 2.38. The molecule has 8 heteroatoms. The molecule has 2 heterocycles. The molecule has 0 amide bonds. The maximum Gasteiger partial charge on any atom is 0.123 e. The molecule has 3 aromatic rings. The molecule has 5 rings (SSSR count). The van der Waals surface area contributed by atoms with Crippen molar-refractivity contribution in [3.05, 3.63) is 89.5 Å². The first-order chi connectivity index (χ1) is 19.9. The second kappa shape index (κ2) is 13.9. The van der Waals surface area contributed by atoms with E-state index in [1.807, 2.05) is 12.1 Å². The Kier molecular flexibility index (Phi) is 10.0. The van der Waals surface area contributed by atoms with Crippen molar-refractivity contribution < 1.29 is 23.7 Å². The van der Waals surface area contributed by atoms with Crippen molar-refractivity contribution in [2.24, 2.45) is 17.8 Å². The molecule has 2 saturated heterocycles. The number of rotatable bonds is 10. The molecule has 0 aliphatic carbocycles. The van der Waals surface area contributed by atoms with Crippen LogP contribution in [-0.4, -0.2) is 55.2 Å². The Balaban J connectivity index is 1.22. The minimum Gasteiger partial charge on any atom is -0.494 e. The molecule has 0 radical (unpaired) electrons. The van der Waals surface area contributed by atoms with Crippen LogP contribution in [0.4, 0.5) is 20.2 Å². The van der Waals surface area contributed by atoms with Gasteiger partial charge in [-0.05, 0) is 117 Å². The lowest BCUT2D eigenvalue weighted by Gasteiger charge is -2.42. The van der Waals surface area contributed by atoms with E-state index in [1.165, 1.54) is 24.3 Å². The number of hydrogen-bond donors (Lipinski definition) is 2. The first-order valence-corrected chi connectivity index (χ1v) is 15.0. The van der Waals surface area contributed by atoms with E-state index in [1.54, 1.807) is 36.4 Å². The van der Waals surface area contributed by atoms with Gasteiger partial charge in [0.25, 0.3) is 0 Å². The smallest absolute Gasteiger partial charge is 0.123 e. The van der Waals surface area contributed by atoms with E-state index in [0.29, 0.717) is 23.8 Å². The second-order valence-electron chi connectivity index (χ2n) is 11.3. The van der Waals surface area contributed by atoms with Crippen LogP contribution in [0.25, 0.3) is 0 Å². The molecule has 0 aromatic heterocycles. The number of ether oxygens (including phenoxy) is 1. The third-order valence-corrected chi connectivity index (χ3v) is 9.09. The normalized spacial score (nSPS) is 19.1. The summed E-state index contributed by atoms with van der Waals surface area (Å²) < 4.78 is 32.7. The summed E-state index contributed by atoms with van der Waals surface area (Å²) in [7, 11) is 0. The number of hydrogen-bond acceptors (Lipinski definition) is 5. The highest BCUT2D eigenvalue weighted by Crippen LogP contribution is 2.35. The molecule has 0 spiro atoms. The molecule has 5 nitrogen and oxygen atoms in total. The molecule has 2 aliphatic heterocycles. The Hall–Kier alpha value is -2.87. The first kappa shape index (κ1) is 29.6. The fourth-order valence-electron chi connectivity index (χ4n) is 6.39. The van der Waals surface area contributed by atoms with Crippen molar-refractivity contribution in [2.45, 2.75) is 44.3 Å². The van der Waals surface area contributed by atoms with E-state index in [0.717, 1.165) is 63.2 Å². The Morgan fingerprint density at radius 2 is 1.10 bits per heavy atom. The van der Waals surface area contributed by atoms with Gasteiger partial charge in [-0.25, -0.2) is 8.78 Å². The lowest BCUT2D eigenvalue weighted by atomic mass is 9.75. The Morgan fingerprint density at radius 1 is 0.683 bits per heavy atom. The van der Waals surface area contributed by atoms with Gasteiger partial charge < -0.3 is 24.7 Å².